The van der Waals surface area contributed by atoms with Crippen LogP contribution in [0.1, 0.15) is 5.82 Å². The van der Waals surface area contributed by atoms with Crippen LogP contribution in [0.4, 0.5) is 17.3 Å². The van der Waals surface area contributed by atoms with E-state index < -0.39 is 0 Å². The second-order valence-corrected chi connectivity index (χ2v) is 3.94. The normalized spacial score (nSPS) is 10.3. The molecule has 6 nitrogen and oxygen atoms in total. The molecule has 0 radical (unpaired) electrons. The molecule has 0 aliphatic heterocycles. The van der Waals surface area contributed by atoms with Gasteiger partial charge in [-0.05, 0) is 20.0 Å². The van der Waals surface area contributed by atoms with E-state index in [9.17, 15) is 0 Å². The first kappa shape index (κ1) is 12.4. The van der Waals surface area contributed by atoms with Crippen LogP contribution >= 0.6 is 0 Å². The Labute approximate surface area is 106 Å². The summed E-state index contributed by atoms with van der Waals surface area (Å²) >= 11 is 0. The Hall–Kier alpha value is -2.08. The van der Waals surface area contributed by atoms with Gasteiger partial charge < -0.3 is 20.9 Å². The molecule has 2 aromatic rings. The van der Waals surface area contributed by atoms with Gasteiger partial charge in [-0.25, -0.2) is 9.97 Å². The first-order chi connectivity index (χ1) is 8.78. The quantitative estimate of drug-likeness (QED) is 0.581. The number of hydrogen-bond acceptors (Lipinski definition) is 5. The summed E-state index contributed by atoms with van der Waals surface area (Å²) in [5.41, 5.74) is 0.981. The third-order valence-corrected chi connectivity index (χ3v) is 2.39. The average molecular weight is 246 g/mol. The van der Waals surface area contributed by atoms with Crippen LogP contribution in [0.15, 0.2) is 24.5 Å². The summed E-state index contributed by atoms with van der Waals surface area (Å²) in [6.07, 6.45) is 3.74. The first-order valence-corrected chi connectivity index (χ1v) is 5.92. The van der Waals surface area contributed by atoms with E-state index in [1.165, 1.54) is 0 Å². The molecule has 0 amide bonds. The molecule has 96 valence electrons. The van der Waals surface area contributed by atoms with Crippen LogP contribution in [0.2, 0.25) is 0 Å². The highest BCUT2D eigenvalue weighted by molar-refractivity contribution is 5.58. The van der Waals surface area contributed by atoms with Crippen molar-refractivity contribution in [3.63, 3.8) is 0 Å². The van der Waals surface area contributed by atoms with Crippen molar-refractivity contribution >= 4 is 17.3 Å². The van der Waals surface area contributed by atoms with Gasteiger partial charge in [0.2, 0.25) is 0 Å². The van der Waals surface area contributed by atoms with Crippen molar-refractivity contribution in [3.8, 4) is 0 Å². The van der Waals surface area contributed by atoms with Crippen molar-refractivity contribution in [3.05, 3.63) is 30.4 Å². The smallest absolute Gasteiger partial charge is 0.136 e. The minimum Gasteiger partial charge on any atom is -0.369 e. The minimum absolute atomic E-state index is 0.738. The molecule has 6 heteroatoms. The van der Waals surface area contributed by atoms with Crippen molar-refractivity contribution in [1.29, 1.82) is 0 Å². The minimum atomic E-state index is 0.738. The molecule has 0 atom stereocenters. The lowest BCUT2D eigenvalue weighted by Crippen LogP contribution is -2.18. The van der Waals surface area contributed by atoms with Crippen molar-refractivity contribution in [2.45, 2.75) is 6.92 Å². The Kier molecular flexibility index (Phi) is 4.14. The van der Waals surface area contributed by atoms with Crippen LogP contribution in [0.3, 0.4) is 0 Å². The van der Waals surface area contributed by atoms with E-state index in [4.69, 9.17) is 0 Å². The fourth-order valence-corrected chi connectivity index (χ4v) is 1.59. The fraction of sp³-hybridized carbons (Fsp3) is 0.333. The number of anilines is 3. The lowest BCUT2D eigenvalue weighted by atomic mass is 10.4. The zero-order chi connectivity index (χ0) is 12.8. The highest BCUT2D eigenvalue weighted by Crippen LogP contribution is 2.16. The number of likely N-dealkylation sites (N-methyl/N-ethyl adjacent to an activating group) is 1. The van der Waals surface area contributed by atoms with Gasteiger partial charge in [0.05, 0.1) is 5.69 Å². The van der Waals surface area contributed by atoms with Crippen LogP contribution in [-0.4, -0.2) is 35.1 Å². The molecule has 2 rings (SSSR count). The van der Waals surface area contributed by atoms with Crippen LogP contribution in [-0.2, 0) is 0 Å². The van der Waals surface area contributed by atoms with Crippen LogP contribution in [0, 0.1) is 6.92 Å². The molecule has 2 heterocycles. The number of aromatic amines is 1. The predicted molar refractivity (Wildman–Crippen MR) is 73.3 cm³/mol. The molecule has 0 saturated carbocycles. The highest BCUT2D eigenvalue weighted by Gasteiger charge is 2.02. The molecule has 0 saturated heterocycles. The second-order valence-electron chi connectivity index (χ2n) is 3.94. The van der Waals surface area contributed by atoms with Crippen molar-refractivity contribution in [2.75, 3.05) is 30.8 Å². The molecule has 0 bridgehead atoms. The Balaban J connectivity index is 2.06. The number of nitrogens with one attached hydrogen (secondary N) is 4. The van der Waals surface area contributed by atoms with E-state index in [0.717, 1.165) is 36.2 Å². The van der Waals surface area contributed by atoms with Gasteiger partial charge in [0.15, 0.2) is 0 Å². The van der Waals surface area contributed by atoms with Crippen LogP contribution < -0.4 is 16.0 Å². The van der Waals surface area contributed by atoms with Crippen molar-refractivity contribution in [2.24, 2.45) is 0 Å². The van der Waals surface area contributed by atoms with Crippen molar-refractivity contribution < 1.29 is 0 Å². The summed E-state index contributed by atoms with van der Waals surface area (Å²) in [6, 6.07) is 3.85. The summed E-state index contributed by atoms with van der Waals surface area (Å²) in [5.74, 6) is 2.35. The number of nitrogens with zero attached hydrogens (tertiary/aromatic N) is 2. The lowest BCUT2D eigenvalue weighted by Gasteiger charge is -2.09. The zero-order valence-electron chi connectivity index (χ0n) is 10.6. The molecule has 0 spiro atoms. The molecule has 0 fully saturated rings. The molecule has 0 unspecified atom stereocenters. The van der Waals surface area contributed by atoms with Gasteiger partial charge >= 0.3 is 0 Å². The van der Waals surface area contributed by atoms with Gasteiger partial charge in [-0.3, -0.25) is 0 Å². The summed E-state index contributed by atoms with van der Waals surface area (Å²) in [5, 5.41) is 9.54. The standard InChI is InChI=1S/C12H18N6/c1-9-16-11(15-6-5-13-2)7-12(17-9)18-10-3-4-14-8-10/h3-4,7-8,13-14H,5-6H2,1-2H3,(H2,15,16,17,18). The van der Waals surface area contributed by atoms with Crippen molar-refractivity contribution in [1.82, 2.24) is 20.3 Å². The number of H-pyrrole nitrogens is 1. The number of aromatic nitrogens is 3. The number of hydrogen-bond donors (Lipinski definition) is 4. The molecule has 0 aliphatic carbocycles. The van der Waals surface area contributed by atoms with Gasteiger partial charge in [0.1, 0.15) is 17.5 Å². The highest BCUT2D eigenvalue weighted by atomic mass is 15.1. The molecule has 0 aliphatic rings. The number of rotatable bonds is 6. The van der Waals surface area contributed by atoms with Gasteiger partial charge in [-0.15, -0.1) is 0 Å². The summed E-state index contributed by atoms with van der Waals surface area (Å²) < 4.78 is 0. The van der Waals surface area contributed by atoms with E-state index in [2.05, 4.69) is 30.9 Å². The van der Waals surface area contributed by atoms with E-state index in [1.807, 2.05) is 38.5 Å². The van der Waals surface area contributed by atoms with E-state index in [0.29, 0.717) is 0 Å². The van der Waals surface area contributed by atoms with Gasteiger partial charge in [0.25, 0.3) is 0 Å². The molecular weight excluding hydrogens is 228 g/mol. The number of aryl methyl sites for hydroxylation is 1. The summed E-state index contributed by atoms with van der Waals surface area (Å²) in [7, 11) is 1.92. The van der Waals surface area contributed by atoms with Crippen LogP contribution in [0.25, 0.3) is 0 Å². The van der Waals surface area contributed by atoms with Crippen LogP contribution in [0.5, 0.6) is 0 Å². The monoisotopic (exact) mass is 246 g/mol. The maximum absolute atomic E-state index is 4.35. The van der Waals surface area contributed by atoms with E-state index >= 15 is 0 Å². The second kappa shape index (κ2) is 6.02. The maximum atomic E-state index is 4.35. The Morgan fingerprint density at radius 1 is 1.22 bits per heavy atom. The third-order valence-electron chi connectivity index (χ3n) is 2.39. The summed E-state index contributed by atoms with van der Waals surface area (Å²) in [4.78, 5) is 11.7. The first-order valence-electron chi connectivity index (χ1n) is 5.92. The Morgan fingerprint density at radius 2 is 2.06 bits per heavy atom. The molecule has 18 heavy (non-hydrogen) atoms. The molecule has 0 aromatic carbocycles. The summed E-state index contributed by atoms with van der Waals surface area (Å²) in [6.45, 7) is 3.60. The molecule has 4 N–H and O–H groups in total. The van der Waals surface area contributed by atoms with E-state index in [-0.39, 0.29) is 0 Å². The zero-order valence-corrected chi connectivity index (χ0v) is 10.6. The fourth-order valence-electron chi connectivity index (χ4n) is 1.59. The third kappa shape index (κ3) is 3.46. The maximum Gasteiger partial charge on any atom is 0.136 e. The largest absolute Gasteiger partial charge is 0.369 e. The van der Waals surface area contributed by atoms with E-state index in [1.54, 1.807) is 0 Å². The van der Waals surface area contributed by atoms with Gasteiger partial charge in [-0.2, -0.15) is 0 Å². The van der Waals surface area contributed by atoms with Gasteiger partial charge in [-0.1, -0.05) is 0 Å². The topological polar surface area (TPSA) is 77.7 Å². The molecular formula is C12H18N6. The SMILES string of the molecule is CNCCNc1cc(Nc2cc[nH]c2)nc(C)n1. The average Bonchev–Trinajstić information content (AvgIpc) is 2.81. The van der Waals surface area contributed by atoms with Gasteiger partial charge in [0, 0.05) is 31.5 Å². The Morgan fingerprint density at radius 3 is 2.78 bits per heavy atom. The lowest BCUT2D eigenvalue weighted by molar-refractivity contribution is 0.820. The Bertz CT molecular complexity index is 479. The predicted octanol–water partition coefficient (Wildman–Crippen LogP) is 1.49. The molecule has 2 aromatic heterocycles.